The van der Waals surface area contributed by atoms with E-state index in [-0.39, 0.29) is 17.2 Å². The second-order valence-electron chi connectivity index (χ2n) is 6.63. The molecule has 1 heterocycles. The number of carbonyl (C=O) groups is 1. The fourth-order valence-corrected chi connectivity index (χ4v) is 4.51. The quantitative estimate of drug-likeness (QED) is 0.679. The first-order chi connectivity index (χ1) is 13.0. The lowest BCUT2D eigenvalue weighted by atomic mass is 10.1. The molecule has 3 rings (SSSR count). The van der Waals surface area contributed by atoms with Crippen molar-refractivity contribution in [3.8, 4) is 0 Å². The van der Waals surface area contributed by atoms with Gasteiger partial charge in [0, 0.05) is 25.2 Å². The first-order valence-corrected chi connectivity index (χ1v) is 10.3. The van der Waals surface area contributed by atoms with Crippen LogP contribution in [-0.2, 0) is 21.3 Å². The summed E-state index contributed by atoms with van der Waals surface area (Å²) in [5.74, 6) is -0.104. The molecule has 0 bridgehead atoms. The molecule has 1 saturated heterocycles. The molecule has 0 atom stereocenters. The number of nitrogens with zero attached hydrogens (tertiary/aromatic N) is 2. The van der Waals surface area contributed by atoms with Crippen molar-refractivity contribution in [3.05, 3.63) is 65.7 Å². The van der Waals surface area contributed by atoms with Crippen LogP contribution in [0.3, 0.4) is 0 Å². The molecule has 0 radical (unpaired) electrons. The minimum atomic E-state index is -3.61. The molecule has 1 fully saturated rings. The molecule has 0 aliphatic carbocycles. The SMILES string of the molecule is CN(CC(=O)c1cccc(S(=O)(=O)N2CCOCC2)c1)Cc1ccccc1. The highest BCUT2D eigenvalue weighted by molar-refractivity contribution is 7.89. The van der Waals surface area contributed by atoms with E-state index in [1.54, 1.807) is 12.1 Å². The number of likely N-dealkylation sites (N-methyl/N-ethyl adjacent to an activating group) is 1. The maximum atomic E-state index is 12.8. The third-order valence-electron chi connectivity index (χ3n) is 4.47. The van der Waals surface area contributed by atoms with Gasteiger partial charge in [0.1, 0.15) is 0 Å². The van der Waals surface area contributed by atoms with E-state index in [2.05, 4.69) is 0 Å². The Labute approximate surface area is 160 Å². The second-order valence-corrected chi connectivity index (χ2v) is 8.56. The van der Waals surface area contributed by atoms with Crippen molar-refractivity contribution in [2.75, 3.05) is 39.9 Å². The lowest BCUT2D eigenvalue weighted by Crippen LogP contribution is -2.40. The highest BCUT2D eigenvalue weighted by atomic mass is 32.2. The smallest absolute Gasteiger partial charge is 0.243 e. The average molecular weight is 388 g/mol. The molecule has 1 aliphatic heterocycles. The molecule has 2 aromatic rings. The Bertz CT molecular complexity index is 878. The van der Waals surface area contributed by atoms with Gasteiger partial charge < -0.3 is 4.74 Å². The van der Waals surface area contributed by atoms with E-state index in [1.807, 2.05) is 42.3 Å². The maximum absolute atomic E-state index is 12.8. The van der Waals surface area contributed by atoms with Crippen molar-refractivity contribution in [2.45, 2.75) is 11.4 Å². The van der Waals surface area contributed by atoms with Gasteiger partial charge in [-0.2, -0.15) is 4.31 Å². The van der Waals surface area contributed by atoms with Crippen molar-refractivity contribution in [1.82, 2.24) is 9.21 Å². The van der Waals surface area contributed by atoms with Gasteiger partial charge in [0.2, 0.25) is 10.0 Å². The van der Waals surface area contributed by atoms with Crippen LogP contribution in [0.1, 0.15) is 15.9 Å². The summed E-state index contributed by atoms with van der Waals surface area (Å²) in [5.41, 5.74) is 1.53. The lowest BCUT2D eigenvalue weighted by molar-refractivity contribution is 0.0730. The van der Waals surface area contributed by atoms with Crippen LogP contribution in [0.15, 0.2) is 59.5 Å². The van der Waals surface area contributed by atoms with Crippen LogP contribution in [0.5, 0.6) is 0 Å². The van der Waals surface area contributed by atoms with Gasteiger partial charge in [-0.05, 0) is 24.7 Å². The van der Waals surface area contributed by atoms with Crippen LogP contribution < -0.4 is 0 Å². The summed E-state index contributed by atoms with van der Waals surface area (Å²) in [5, 5.41) is 0. The summed E-state index contributed by atoms with van der Waals surface area (Å²) < 4.78 is 32.2. The molecule has 0 N–H and O–H groups in total. The average Bonchev–Trinajstić information content (AvgIpc) is 2.69. The number of rotatable bonds is 7. The Balaban J connectivity index is 1.70. The summed E-state index contributed by atoms with van der Waals surface area (Å²) in [6, 6.07) is 16.2. The lowest BCUT2D eigenvalue weighted by Gasteiger charge is -2.26. The van der Waals surface area contributed by atoms with E-state index in [1.165, 1.54) is 16.4 Å². The minimum absolute atomic E-state index is 0.104. The number of carbonyl (C=O) groups excluding carboxylic acids is 1. The molecule has 0 unspecified atom stereocenters. The number of morpholine rings is 1. The largest absolute Gasteiger partial charge is 0.379 e. The highest BCUT2D eigenvalue weighted by Gasteiger charge is 2.26. The Morgan fingerprint density at radius 3 is 2.48 bits per heavy atom. The number of hydrogen-bond acceptors (Lipinski definition) is 5. The highest BCUT2D eigenvalue weighted by Crippen LogP contribution is 2.19. The topological polar surface area (TPSA) is 66.9 Å². The summed E-state index contributed by atoms with van der Waals surface area (Å²) in [7, 11) is -1.73. The van der Waals surface area contributed by atoms with E-state index in [9.17, 15) is 13.2 Å². The maximum Gasteiger partial charge on any atom is 0.243 e. The fraction of sp³-hybridized carbons (Fsp3) is 0.350. The molecule has 27 heavy (non-hydrogen) atoms. The van der Waals surface area contributed by atoms with Gasteiger partial charge in [0.25, 0.3) is 0 Å². The van der Waals surface area contributed by atoms with E-state index in [4.69, 9.17) is 4.74 Å². The van der Waals surface area contributed by atoms with Crippen molar-refractivity contribution >= 4 is 15.8 Å². The molecule has 0 saturated carbocycles. The van der Waals surface area contributed by atoms with Gasteiger partial charge in [-0.15, -0.1) is 0 Å². The summed E-state index contributed by atoms with van der Waals surface area (Å²) >= 11 is 0. The minimum Gasteiger partial charge on any atom is -0.379 e. The third kappa shape index (κ3) is 5.01. The first kappa shape index (κ1) is 19.7. The van der Waals surface area contributed by atoms with Crippen molar-refractivity contribution in [3.63, 3.8) is 0 Å². The molecule has 1 aliphatic rings. The van der Waals surface area contributed by atoms with Crippen LogP contribution in [0, 0.1) is 0 Å². The molecule has 0 spiro atoms. The fourth-order valence-electron chi connectivity index (χ4n) is 3.05. The molecular formula is C20H24N2O4S. The second kappa shape index (κ2) is 8.75. The predicted octanol–water partition coefficient (Wildman–Crippen LogP) is 2.02. The molecule has 0 amide bonds. The van der Waals surface area contributed by atoms with E-state index < -0.39 is 10.0 Å². The van der Waals surface area contributed by atoms with Gasteiger partial charge in [-0.3, -0.25) is 9.69 Å². The standard InChI is InChI=1S/C20H24N2O4S/c1-21(15-17-6-3-2-4-7-17)16-20(23)18-8-5-9-19(14-18)27(24,25)22-10-12-26-13-11-22/h2-9,14H,10-13,15-16H2,1H3. The zero-order valence-corrected chi connectivity index (χ0v) is 16.2. The molecule has 7 heteroatoms. The van der Waals surface area contributed by atoms with Gasteiger partial charge in [-0.25, -0.2) is 8.42 Å². The zero-order valence-electron chi connectivity index (χ0n) is 15.4. The van der Waals surface area contributed by atoms with Gasteiger partial charge in [0.05, 0.1) is 24.7 Å². The molecule has 2 aromatic carbocycles. The summed E-state index contributed by atoms with van der Waals surface area (Å²) in [6.45, 7) is 2.32. The zero-order chi connectivity index (χ0) is 19.3. The van der Waals surface area contributed by atoms with E-state index in [0.29, 0.717) is 38.4 Å². The molecule has 0 aromatic heterocycles. The van der Waals surface area contributed by atoms with Crippen LogP contribution in [0.25, 0.3) is 0 Å². The number of hydrogen-bond donors (Lipinski definition) is 0. The number of Topliss-reactive ketones (excluding diaryl/α,β-unsaturated/α-hetero) is 1. The van der Waals surface area contributed by atoms with Crippen LogP contribution in [0.2, 0.25) is 0 Å². The van der Waals surface area contributed by atoms with Gasteiger partial charge >= 0.3 is 0 Å². The van der Waals surface area contributed by atoms with Crippen LogP contribution in [-0.4, -0.2) is 63.3 Å². The van der Waals surface area contributed by atoms with Crippen molar-refractivity contribution in [1.29, 1.82) is 0 Å². The van der Waals surface area contributed by atoms with Crippen molar-refractivity contribution in [2.24, 2.45) is 0 Å². The summed E-state index contributed by atoms with van der Waals surface area (Å²) in [4.78, 5) is 14.7. The number of sulfonamides is 1. The Hall–Kier alpha value is -2.06. The third-order valence-corrected chi connectivity index (χ3v) is 6.37. The van der Waals surface area contributed by atoms with Crippen molar-refractivity contribution < 1.29 is 17.9 Å². The molecule has 6 nitrogen and oxygen atoms in total. The molecule has 144 valence electrons. The molecular weight excluding hydrogens is 364 g/mol. The number of benzene rings is 2. The monoisotopic (exact) mass is 388 g/mol. The van der Waals surface area contributed by atoms with E-state index >= 15 is 0 Å². The number of ketones is 1. The van der Waals surface area contributed by atoms with Crippen LogP contribution >= 0.6 is 0 Å². The Morgan fingerprint density at radius 1 is 1.07 bits per heavy atom. The normalized spacial score (nSPS) is 15.8. The predicted molar refractivity (Wildman–Crippen MR) is 103 cm³/mol. The summed E-state index contributed by atoms with van der Waals surface area (Å²) in [6.07, 6.45) is 0. The Kier molecular flexibility index (Phi) is 6.38. The van der Waals surface area contributed by atoms with Gasteiger partial charge in [0.15, 0.2) is 5.78 Å². The van der Waals surface area contributed by atoms with E-state index in [0.717, 1.165) is 5.56 Å². The van der Waals surface area contributed by atoms with Crippen LogP contribution in [0.4, 0.5) is 0 Å². The first-order valence-electron chi connectivity index (χ1n) is 8.90. The van der Waals surface area contributed by atoms with Gasteiger partial charge in [-0.1, -0.05) is 42.5 Å². The Morgan fingerprint density at radius 2 is 1.78 bits per heavy atom. The number of ether oxygens (including phenoxy) is 1.